The summed E-state index contributed by atoms with van der Waals surface area (Å²) in [5, 5.41) is 0. The number of hydrogen-bond acceptors (Lipinski definition) is 1. The summed E-state index contributed by atoms with van der Waals surface area (Å²) in [4.78, 5) is 0. The van der Waals surface area contributed by atoms with Crippen LogP contribution < -0.4 is 5.73 Å². The first-order valence-corrected chi connectivity index (χ1v) is 5.50. The fourth-order valence-electron chi connectivity index (χ4n) is 2.18. The van der Waals surface area contributed by atoms with Crippen LogP contribution in [-0.4, -0.2) is 6.04 Å². The van der Waals surface area contributed by atoms with Gasteiger partial charge < -0.3 is 5.73 Å². The number of nitrogens with two attached hydrogens (primary N) is 1. The quantitative estimate of drug-likeness (QED) is 0.714. The van der Waals surface area contributed by atoms with E-state index in [-0.39, 0.29) is 11.5 Å². The predicted octanol–water partition coefficient (Wildman–Crippen LogP) is 3.29. The summed E-state index contributed by atoms with van der Waals surface area (Å²) < 4.78 is 0. The van der Waals surface area contributed by atoms with Gasteiger partial charge in [-0.25, -0.2) is 0 Å². The van der Waals surface area contributed by atoms with Crippen molar-refractivity contribution in [2.45, 2.75) is 54.5 Å². The van der Waals surface area contributed by atoms with Crippen molar-refractivity contribution in [1.82, 2.24) is 0 Å². The summed E-state index contributed by atoms with van der Waals surface area (Å²) in [6, 6.07) is 0.268. The van der Waals surface area contributed by atoms with E-state index in [1.165, 1.54) is 0 Å². The molecule has 0 amide bonds. The molecule has 3 atom stereocenters. The van der Waals surface area contributed by atoms with Gasteiger partial charge >= 0.3 is 0 Å². The molecule has 1 nitrogen and oxygen atoms in total. The normalized spacial score (nSPS) is 21.7. The zero-order valence-corrected chi connectivity index (χ0v) is 10.4. The molecule has 1 heteroatoms. The molecule has 0 saturated heterocycles. The highest BCUT2D eigenvalue weighted by atomic mass is 14.7. The molecular weight excluding hydrogens is 158 g/mol. The Kier molecular flexibility index (Phi) is 4.44. The Morgan fingerprint density at radius 2 is 1.31 bits per heavy atom. The van der Waals surface area contributed by atoms with Gasteiger partial charge in [0.2, 0.25) is 0 Å². The molecule has 0 rings (SSSR count). The van der Waals surface area contributed by atoms with Crippen LogP contribution in [0.25, 0.3) is 0 Å². The molecule has 0 aromatic rings. The van der Waals surface area contributed by atoms with Crippen LogP contribution in [0.2, 0.25) is 0 Å². The van der Waals surface area contributed by atoms with Crippen molar-refractivity contribution in [3.8, 4) is 0 Å². The Labute approximate surface area is 84.1 Å². The lowest BCUT2D eigenvalue weighted by Crippen LogP contribution is -2.47. The first kappa shape index (κ1) is 13.0. The van der Waals surface area contributed by atoms with Gasteiger partial charge in [-0.2, -0.15) is 0 Å². The third-order valence-corrected chi connectivity index (χ3v) is 4.21. The minimum absolute atomic E-state index is 0.258. The van der Waals surface area contributed by atoms with Crippen LogP contribution >= 0.6 is 0 Å². The second-order valence-electron chi connectivity index (χ2n) is 5.34. The smallest absolute Gasteiger partial charge is 0.00694 e. The third kappa shape index (κ3) is 2.46. The molecule has 0 aliphatic rings. The molecule has 0 radical (unpaired) electrons. The van der Waals surface area contributed by atoms with Crippen LogP contribution in [0.15, 0.2) is 0 Å². The van der Waals surface area contributed by atoms with Gasteiger partial charge in [-0.05, 0) is 30.1 Å². The molecule has 13 heavy (non-hydrogen) atoms. The maximum absolute atomic E-state index is 6.11. The maximum Gasteiger partial charge on any atom is 0.00694 e. The highest BCUT2D eigenvalue weighted by molar-refractivity contribution is 4.90. The SMILES string of the molecule is CC(C)C(C)C(C)(C(C)C)C(C)N. The van der Waals surface area contributed by atoms with Gasteiger partial charge in [0.1, 0.15) is 0 Å². The standard InChI is InChI=1S/C12H27N/c1-8(2)10(5)12(7,9(3)4)11(6)13/h8-11H,13H2,1-7H3. The molecular formula is C12H27N. The molecule has 0 fully saturated rings. The molecule has 0 aliphatic carbocycles. The zero-order valence-electron chi connectivity index (χ0n) is 10.4. The Morgan fingerprint density at radius 1 is 0.923 bits per heavy atom. The van der Waals surface area contributed by atoms with Gasteiger partial charge in [-0.15, -0.1) is 0 Å². The average molecular weight is 185 g/mol. The van der Waals surface area contributed by atoms with Crippen LogP contribution in [0.4, 0.5) is 0 Å². The highest BCUT2D eigenvalue weighted by Crippen LogP contribution is 2.41. The summed E-state index contributed by atoms with van der Waals surface area (Å²) in [5.41, 5.74) is 6.37. The zero-order chi connectivity index (χ0) is 10.8. The maximum atomic E-state index is 6.11. The molecule has 0 saturated carbocycles. The third-order valence-electron chi connectivity index (χ3n) is 4.21. The molecule has 0 spiro atoms. The van der Waals surface area contributed by atoms with Crippen LogP contribution in [-0.2, 0) is 0 Å². The first-order valence-electron chi connectivity index (χ1n) is 5.50. The van der Waals surface area contributed by atoms with E-state index in [1.54, 1.807) is 0 Å². The van der Waals surface area contributed by atoms with E-state index < -0.39 is 0 Å². The monoisotopic (exact) mass is 185 g/mol. The molecule has 0 aromatic carbocycles. The molecule has 3 unspecified atom stereocenters. The summed E-state index contributed by atoms with van der Waals surface area (Å²) in [5.74, 6) is 2.02. The van der Waals surface area contributed by atoms with Crippen molar-refractivity contribution in [2.24, 2.45) is 28.9 Å². The number of rotatable bonds is 4. The van der Waals surface area contributed by atoms with Crippen molar-refractivity contribution in [3.63, 3.8) is 0 Å². The molecule has 0 heterocycles. The Bertz CT molecular complexity index is 139. The number of hydrogen-bond donors (Lipinski definition) is 1. The van der Waals surface area contributed by atoms with Crippen LogP contribution in [0, 0.1) is 23.2 Å². The van der Waals surface area contributed by atoms with Crippen LogP contribution in [0.3, 0.4) is 0 Å². The van der Waals surface area contributed by atoms with Gasteiger partial charge in [-0.3, -0.25) is 0 Å². The van der Waals surface area contributed by atoms with Gasteiger partial charge in [0.25, 0.3) is 0 Å². The van der Waals surface area contributed by atoms with Gasteiger partial charge in [0, 0.05) is 6.04 Å². The van der Waals surface area contributed by atoms with Crippen molar-refractivity contribution in [2.75, 3.05) is 0 Å². The van der Waals surface area contributed by atoms with E-state index in [0.29, 0.717) is 17.8 Å². The second-order valence-corrected chi connectivity index (χ2v) is 5.34. The summed E-state index contributed by atoms with van der Waals surface area (Å²) in [6.07, 6.45) is 0. The van der Waals surface area contributed by atoms with E-state index in [2.05, 4.69) is 48.5 Å². The van der Waals surface area contributed by atoms with E-state index >= 15 is 0 Å². The predicted molar refractivity (Wildman–Crippen MR) is 60.6 cm³/mol. The molecule has 0 aromatic heterocycles. The summed E-state index contributed by atoms with van der Waals surface area (Å²) in [7, 11) is 0. The van der Waals surface area contributed by atoms with E-state index in [1.807, 2.05) is 0 Å². The van der Waals surface area contributed by atoms with Crippen molar-refractivity contribution < 1.29 is 0 Å². The second kappa shape index (κ2) is 4.45. The van der Waals surface area contributed by atoms with Crippen molar-refractivity contribution in [1.29, 1.82) is 0 Å². The summed E-state index contributed by atoms with van der Waals surface area (Å²) >= 11 is 0. The fourth-order valence-corrected chi connectivity index (χ4v) is 2.18. The molecule has 0 bridgehead atoms. The van der Waals surface area contributed by atoms with Gasteiger partial charge in [-0.1, -0.05) is 41.5 Å². The van der Waals surface area contributed by atoms with E-state index in [9.17, 15) is 0 Å². The van der Waals surface area contributed by atoms with E-state index in [0.717, 1.165) is 0 Å². The molecule has 2 N–H and O–H groups in total. The van der Waals surface area contributed by atoms with Gasteiger partial charge in [0.05, 0.1) is 0 Å². The lowest BCUT2D eigenvalue weighted by Gasteiger charge is -2.45. The van der Waals surface area contributed by atoms with Crippen LogP contribution in [0.5, 0.6) is 0 Å². The highest BCUT2D eigenvalue weighted by Gasteiger charge is 2.38. The molecule has 0 aliphatic heterocycles. The summed E-state index contributed by atoms with van der Waals surface area (Å²) in [6.45, 7) is 15.9. The van der Waals surface area contributed by atoms with E-state index in [4.69, 9.17) is 5.73 Å². The Hall–Kier alpha value is -0.0400. The Morgan fingerprint density at radius 3 is 1.38 bits per heavy atom. The van der Waals surface area contributed by atoms with Crippen LogP contribution in [0.1, 0.15) is 48.5 Å². The van der Waals surface area contributed by atoms with Crippen molar-refractivity contribution in [3.05, 3.63) is 0 Å². The van der Waals surface area contributed by atoms with Crippen molar-refractivity contribution >= 4 is 0 Å². The fraction of sp³-hybridized carbons (Fsp3) is 1.00. The molecule has 80 valence electrons. The minimum atomic E-state index is 0.258. The largest absolute Gasteiger partial charge is 0.327 e. The topological polar surface area (TPSA) is 26.0 Å². The lowest BCUT2D eigenvalue weighted by molar-refractivity contribution is 0.0645. The Balaban J connectivity index is 4.79. The average Bonchev–Trinajstić information content (AvgIpc) is 2.00. The minimum Gasteiger partial charge on any atom is -0.327 e. The first-order chi connectivity index (χ1) is 5.74. The van der Waals surface area contributed by atoms with Gasteiger partial charge in [0.15, 0.2) is 0 Å². The lowest BCUT2D eigenvalue weighted by atomic mass is 9.62.